The highest BCUT2D eigenvalue weighted by atomic mass is 35.5. The topological polar surface area (TPSA) is 29.5 Å². The van der Waals surface area contributed by atoms with Crippen molar-refractivity contribution in [2.45, 2.75) is 32.0 Å². The Hall–Kier alpha value is -0.640. The van der Waals surface area contributed by atoms with E-state index in [0.29, 0.717) is 12.8 Å². The second-order valence-electron chi connectivity index (χ2n) is 3.89. The summed E-state index contributed by atoms with van der Waals surface area (Å²) in [7, 11) is 1.60. The van der Waals surface area contributed by atoms with Crippen molar-refractivity contribution in [3.05, 3.63) is 34.6 Å². The standard InChI is InChI=1S/C12H16ClFO2/c1-8(16-2)5-10(15)6-9-3-4-12(14)11(13)7-9/h3-4,7-8,10,15H,5-6H2,1-2H3. The van der Waals surface area contributed by atoms with Crippen LogP contribution in [0.15, 0.2) is 18.2 Å². The average Bonchev–Trinajstić information content (AvgIpc) is 2.23. The van der Waals surface area contributed by atoms with Crippen LogP contribution in [0.4, 0.5) is 4.39 Å². The lowest BCUT2D eigenvalue weighted by Gasteiger charge is -2.15. The summed E-state index contributed by atoms with van der Waals surface area (Å²) >= 11 is 5.65. The van der Waals surface area contributed by atoms with Crippen molar-refractivity contribution in [2.24, 2.45) is 0 Å². The molecule has 0 aliphatic heterocycles. The smallest absolute Gasteiger partial charge is 0.141 e. The van der Waals surface area contributed by atoms with E-state index in [2.05, 4.69) is 0 Å². The number of ether oxygens (including phenoxy) is 1. The maximum atomic E-state index is 12.9. The summed E-state index contributed by atoms with van der Waals surface area (Å²) in [6.45, 7) is 1.89. The lowest BCUT2D eigenvalue weighted by molar-refractivity contribution is 0.0565. The van der Waals surface area contributed by atoms with Gasteiger partial charge in [-0.25, -0.2) is 4.39 Å². The van der Waals surface area contributed by atoms with E-state index >= 15 is 0 Å². The minimum absolute atomic E-state index is 0.00548. The Balaban J connectivity index is 2.56. The van der Waals surface area contributed by atoms with Crippen LogP contribution in [0.5, 0.6) is 0 Å². The van der Waals surface area contributed by atoms with E-state index in [4.69, 9.17) is 16.3 Å². The maximum Gasteiger partial charge on any atom is 0.141 e. The van der Waals surface area contributed by atoms with Crippen LogP contribution in [0.3, 0.4) is 0 Å². The lowest BCUT2D eigenvalue weighted by atomic mass is 10.0. The van der Waals surface area contributed by atoms with E-state index < -0.39 is 11.9 Å². The van der Waals surface area contributed by atoms with E-state index in [0.717, 1.165) is 5.56 Å². The molecule has 2 unspecified atom stereocenters. The molecule has 0 heterocycles. The zero-order valence-electron chi connectivity index (χ0n) is 9.41. The number of aliphatic hydroxyl groups is 1. The first-order valence-corrected chi connectivity index (χ1v) is 5.55. The average molecular weight is 247 g/mol. The van der Waals surface area contributed by atoms with Gasteiger partial charge in [0.2, 0.25) is 0 Å². The van der Waals surface area contributed by atoms with Gasteiger partial charge in [-0.05, 0) is 37.5 Å². The normalized spacial score (nSPS) is 14.8. The monoisotopic (exact) mass is 246 g/mol. The van der Waals surface area contributed by atoms with Crippen LogP contribution in [0.25, 0.3) is 0 Å². The summed E-state index contributed by atoms with van der Waals surface area (Å²) in [6.07, 6.45) is 0.501. The predicted molar refractivity (Wildman–Crippen MR) is 62.2 cm³/mol. The molecule has 4 heteroatoms. The molecule has 0 saturated heterocycles. The molecule has 0 aromatic heterocycles. The zero-order chi connectivity index (χ0) is 12.1. The van der Waals surface area contributed by atoms with Crippen LogP contribution in [-0.2, 0) is 11.2 Å². The van der Waals surface area contributed by atoms with E-state index in [1.54, 1.807) is 13.2 Å². The quantitative estimate of drug-likeness (QED) is 0.866. The molecule has 0 bridgehead atoms. The number of rotatable bonds is 5. The molecule has 0 aliphatic carbocycles. The molecule has 0 radical (unpaired) electrons. The largest absolute Gasteiger partial charge is 0.393 e. The van der Waals surface area contributed by atoms with Gasteiger partial charge in [0, 0.05) is 7.11 Å². The number of benzene rings is 1. The van der Waals surface area contributed by atoms with Gasteiger partial charge in [-0.3, -0.25) is 0 Å². The third-order valence-electron chi connectivity index (χ3n) is 2.46. The fourth-order valence-electron chi connectivity index (χ4n) is 1.50. The van der Waals surface area contributed by atoms with Crippen LogP contribution in [-0.4, -0.2) is 24.4 Å². The van der Waals surface area contributed by atoms with Gasteiger partial charge < -0.3 is 9.84 Å². The molecule has 0 spiro atoms. The van der Waals surface area contributed by atoms with Gasteiger partial charge in [-0.1, -0.05) is 17.7 Å². The second kappa shape index (κ2) is 6.18. The van der Waals surface area contributed by atoms with Crippen LogP contribution >= 0.6 is 11.6 Å². The highest BCUT2D eigenvalue weighted by molar-refractivity contribution is 6.30. The van der Waals surface area contributed by atoms with Crippen LogP contribution in [0.1, 0.15) is 18.9 Å². The first kappa shape index (κ1) is 13.4. The van der Waals surface area contributed by atoms with E-state index in [-0.39, 0.29) is 11.1 Å². The summed E-state index contributed by atoms with van der Waals surface area (Å²) in [5, 5.41) is 9.83. The van der Waals surface area contributed by atoms with Crippen LogP contribution in [0.2, 0.25) is 5.02 Å². The fourth-order valence-corrected chi connectivity index (χ4v) is 1.70. The van der Waals surface area contributed by atoms with Crippen molar-refractivity contribution in [1.29, 1.82) is 0 Å². The van der Waals surface area contributed by atoms with E-state index in [1.807, 2.05) is 6.92 Å². The number of halogens is 2. The first-order chi connectivity index (χ1) is 7.52. The Morgan fingerprint density at radius 3 is 2.75 bits per heavy atom. The molecule has 2 atom stereocenters. The van der Waals surface area contributed by atoms with Crippen LogP contribution in [0, 0.1) is 5.82 Å². The molecule has 2 nitrogen and oxygen atoms in total. The molecule has 16 heavy (non-hydrogen) atoms. The molecule has 0 saturated carbocycles. The third-order valence-corrected chi connectivity index (χ3v) is 2.75. The van der Waals surface area contributed by atoms with Crippen molar-refractivity contribution in [3.8, 4) is 0 Å². The molecule has 90 valence electrons. The van der Waals surface area contributed by atoms with Gasteiger partial charge in [0.05, 0.1) is 17.2 Å². The first-order valence-electron chi connectivity index (χ1n) is 5.17. The van der Waals surface area contributed by atoms with Gasteiger partial charge in [0.15, 0.2) is 0 Å². The Bertz CT molecular complexity index is 344. The van der Waals surface area contributed by atoms with Gasteiger partial charge in [-0.15, -0.1) is 0 Å². The maximum absolute atomic E-state index is 12.9. The Morgan fingerprint density at radius 1 is 1.50 bits per heavy atom. The summed E-state index contributed by atoms with van der Waals surface area (Å²) in [6, 6.07) is 4.48. The Kier molecular flexibility index (Phi) is 5.19. The number of hydrogen-bond donors (Lipinski definition) is 1. The van der Waals surface area contributed by atoms with Crippen molar-refractivity contribution in [1.82, 2.24) is 0 Å². The molecular weight excluding hydrogens is 231 g/mol. The minimum Gasteiger partial charge on any atom is -0.393 e. The zero-order valence-corrected chi connectivity index (χ0v) is 10.2. The Morgan fingerprint density at radius 2 is 2.19 bits per heavy atom. The molecule has 1 aromatic rings. The Labute approximate surface area is 100.0 Å². The van der Waals surface area contributed by atoms with Gasteiger partial charge in [-0.2, -0.15) is 0 Å². The van der Waals surface area contributed by atoms with E-state index in [9.17, 15) is 9.50 Å². The molecule has 1 rings (SSSR count). The molecule has 0 fully saturated rings. The molecule has 1 aromatic carbocycles. The molecule has 0 amide bonds. The SMILES string of the molecule is COC(C)CC(O)Cc1ccc(F)c(Cl)c1. The summed E-state index contributed by atoms with van der Waals surface area (Å²) < 4.78 is 17.9. The number of aliphatic hydroxyl groups excluding tert-OH is 1. The van der Waals surface area contributed by atoms with Gasteiger partial charge in [0.25, 0.3) is 0 Å². The van der Waals surface area contributed by atoms with Crippen molar-refractivity contribution >= 4 is 11.6 Å². The fraction of sp³-hybridized carbons (Fsp3) is 0.500. The highest BCUT2D eigenvalue weighted by Crippen LogP contribution is 2.18. The van der Waals surface area contributed by atoms with E-state index in [1.165, 1.54) is 12.1 Å². The predicted octanol–water partition coefficient (Wildman–Crippen LogP) is 2.81. The lowest BCUT2D eigenvalue weighted by Crippen LogP contribution is -2.19. The second-order valence-corrected chi connectivity index (χ2v) is 4.30. The number of hydrogen-bond acceptors (Lipinski definition) is 2. The van der Waals surface area contributed by atoms with Gasteiger partial charge in [0.1, 0.15) is 5.82 Å². The van der Waals surface area contributed by atoms with Crippen molar-refractivity contribution in [3.63, 3.8) is 0 Å². The highest BCUT2D eigenvalue weighted by Gasteiger charge is 2.11. The summed E-state index contributed by atoms with van der Waals surface area (Å²) in [5.74, 6) is -0.440. The van der Waals surface area contributed by atoms with Crippen LogP contribution < -0.4 is 0 Å². The van der Waals surface area contributed by atoms with Gasteiger partial charge >= 0.3 is 0 Å². The summed E-state index contributed by atoms with van der Waals surface area (Å²) in [5.41, 5.74) is 0.821. The summed E-state index contributed by atoms with van der Waals surface area (Å²) in [4.78, 5) is 0. The van der Waals surface area contributed by atoms with Crippen molar-refractivity contribution < 1.29 is 14.2 Å². The molecule has 1 N–H and O–H groups in total. The van der Waals surface area contributed by atoms with Crippen molar-refractivity contribution in [2.75, 3.05) is 7.11 Å². The minimum atomic E-state index is -0.503. The molecule has 0 aliphatic rings. The number of methoxy groups -OCH3 is 1. The third kappa shape index (κ3) is 4.08. The molecular formula is C12H16ClFO2.